The van der Waals surface area contributed by atoms with E-state index in [1.165, 1.54) is 5.39 Å². The van der Waals surface area contributed by atoms with Crippen LogP contribution in [0.15, 0.2) is 42.5 Å². The molecule has 0 saturated carbocycles. The fraction of sp³-hybridized carbons (Fsp3) is 0.421. The molecule has 3 rings (SSSR count). The van der Waals surface area contributed by atoms with E-state index in [1.807, 2.05) is 36.1 Å². The van der Waals surface area contributed by atoms with Crippen LogP contribution in [-0.2, 0) is 4.79 Å². The van der Waals surface area contributed by atoms with E-state index in [2.05, 4.69) is 35.3 Å². The van der Waals surface area contributed by atoms with Gasteiger partial charge in [0, 0.05) is 37.6 Å². The zero-order valence-corrected chi connectivity index (χ0v) is 15.2. The molecule has 130 valence electrons. The lowest BCUT2D eigenvalue weighted by Gasteiger charge is -2.35. The van der Waals surface area contributed by atoms with Crippen LogP contribution >= 0.6 is 12.4 Å². The Labute approximate surface area is 150 Å². The summed E-state index contributed by atoms with van der Waals surface area (Å²) in [6.07, 6.45) is 0. The summed E-state index contributed by atoms with van der Waals surface area (Å²) in [6.45, 7) is 8.23. The van der Waals surface area contributed by atoms with Gasteiger partial charge in [-0.25, -0.2) is 0 Å². The number of anilines is 1. The lowest BCUT2D eigenvalue weighted by atomic mass is 10.1. The van der Waals surface area contributed by atoms with Crippen molar-refractivity contribution in [2.45, 2.75) is 19.9 Å². The van der Waals surface area contributed by atoms with Gasteiger partial charge in [0.15, 0.2) is 0 Å². The number of likely N-dealkylation sites (N-methyl/N-ethyl adjacent to an activating group) is 1. The standard InChI is InChI=1S/C19H25N3O.ClH/c1-3-22(19(23)14-21-12-11-20-13-15(21)2)18-10-6-8-16-7-4-5-9-17(16)18;/h4-10,15,20H,3,11-14H2,1-2H3;1H/t15-;/m1./s1. The fourth-order valence-electron chi connectivity index (χ4n) is 3.30. The number of nitrogens with one attached hydrogen (secondary N) is 1. The molecule has 0 radical (unpaired) electrons. The number of fused-ring (bicyclic) bond motifs is 1. The largest absolute Gasteiger partial charge is 0.314 e. The number of halogens is 1. The van der Waals surface area contributed by atoms with Gasteiger partial charge in [-0.15, -0.1) is 12.4 Å². The second kappa shape index (κ2) is 8.47. The summed E-state index contributed by atoms with van der Waals surface area (Å²) in [5.41, 5.74) is 1.01. The molecule has 24 heavy (non-hydrogen) atoms. The Balaban J connectivity index is 0.00000208. The molecule has 0 spiro atoms. The summed E-state index contributed by atoms with van der Waals surface area (Å²) in [7, 11) is 0. The Hall–Kier alpha value is -1.62. The van der Waals surface area contributed by atoms with E-state index in [0.29, 0.717) is 19.1 Å². The minimum atomic E-state index is 0. The summed E-state index contributed by atoms with van der Waals surface area (Å²) in [5.74, 6) is 0.178. The first-order chi connectivity index (χ1) is 11.2. The quantitative estimate of drug-likeness (QED) is 0.923. The van der Waals surface area contributed by atoms with Gasteiger partial charge in [-0.3, -0.25) is 9.69 Å². The maximum atomic E-state index is 12.9. The minimum Gasteiger partial charge on any atom is -0.314 e. The van der Waals surface area contributed by atoms with Crippen LogP contribution in [0.1, 0.15) is 13.8 Å². The van der Waals surface area contributed by atoms with Crippen LogP contribution in [-0.4, -0.2) is 49.6 Å². The first-order valence-corrected chi connectivity index (χ1v) is 8.43. The van der Waals surface area contributed by atoms with E-state index in [1.54, 1.807) is 0 Å². The molecule has 1 amide bonds. The molecule has 0 aliphatic carbocycles. The van der Waals surface area contributed by atoms with Gasteiger partial charge in [0.05, 0.1) is 12.2 Å². The predicted octanol–water partition coefficient (Wildman–Crippen LogP) is 2.91. The van der Waals surface area contributed by atoms with Crippen LogP contribution in [0.25, 0.3) is 10.8 Å². The van der Waals surface area contributed by atoms with Gasteiger partial charge < -0.3 is 10.2 Å². The summed E-state index contributed by atoms with van der Waals surface area (Å²) in [5, 5.41) is 5.68. The third-order valence-electron chi connectivity index (χ3n) is 4.65. The molecule has 1 atom stereocenters. The summed E-state index contributed by atoms with van der Waals surface area (Å²) >= 11 is 0. The van der Waals surface area contributed by atoms with Crippen molar-refractivity contribution in [1.29, 1.82) is 0 Å². The van der Waals surface area contributed by atoms with E-state index in [9.17, 15) is 4.79 Å². The molecule has 0 aromatic heterocycles. The molecular formula is C19H26ClN3O. The lowest BCUT2D eigenvalue weighted by molar-refractivity contribution is -0.120. The summed E-state index contributed by atoms with van der Waals surface area (Å²) < 4.78 is 0. The van der Waals surface area contributed by atoms with Crippen molar-refractivity contribution in [1.82, 2.24) is 10.2 Å². The van der Waals surface area contributed by atoms with Gasteiger partial charge in [0.1, 0.15) is 0 Å². The molecule has 1 fully saturated rings. The normalized spacial score (nSPS) is 18.2. The number of carbonyl (C=O) groups excluding carboxylic acids is 1. The van der Waals surface area contributed by atoms with Gasteiger partial charge in [0.2, 0.25) is 5.91 Å². The number of amides is 1. The average molecular weight is 348 g/mol. The van der Waals surface area contributed by atoms with Crippen molar-refractivity contribution >= 4 is 34.8 Å². The van der Waals surface area contributed by atoms with Crippen LogP contribution in [0.5, 0.6) is 0 Å². The summed E-state index contributed by atoms with van der Waals surface area (Å²) in [4.78, 5) is 17.1. The second-order valence-corrected chi connectivity index (χ2v) is 6.16. The Morgan fingerprint density at radius 3 is 2.75 bits per heavy atom. The van der Waals surface area contributed by atoms with E-state index in [4.69, 9.17) is 0 Å². The van der Waals surface area contributed by atoms with Crippen LogP contribution in [0.4, 0.5) is 5.69 Å². The van der Waals surface area contributed by atoms with Gasteiger partial charge in [-0.05, 0) is 25.3 Å². The maximum Gasteiger partial charge on any atom is 0.241 e. The van der Waals surface area contributed by atoms with E-state index in [0.717, 1.165) is 30.7 Å². The van der Waals surface area contributed by atoms with Gasteiger partial charge in [-0.1, -0.05) is 36.4 Å². The molecule has 1 aliphatic rings. The Morgan fingerprint density at radius 1 is 1.25 bits per heavy atom. The molecule has 1 aliphatic heterocycles. The molecule has 1 heterocycles. The van der Waals surface area contributed by atoms with Gasteiger partial charge in [-0.2, -0.15) is 0 Å². The van der Waals surface area contributed by atoms with Crippen molar-refractivity contribution in [2.75, 3.05) is 37.6 Å². The monoisotopic (exact) mass is 347 g/mol. The number of nitrogens with zero attached hydrogens (tertiary/aromatic N) is 2. The highest BCUT2D eigenvalue weighted by Gasteiger charge is 2.24. The Kier molecular flexibility index (Phi) is 6.60. The third-order valence-corrected chi connectivity index (χ3v) is 4.65. The van der Waals surface area contributed by atoms with E-state index in [-0.39, 0.29) is 18.3 Å². The molecule has 4 nitrogen and oxygen atoms in total. The minimum absolute atomic E-state index is 0. The zero-order valence-electron chi connectivity index (χ0n) is 14.4. The number of hydrogen-bond acceptors (Lipinski definition) is 3. The SMILES string of the molecule is CCN(C(=O)CN1CCNC[C@H]1C)c1cccc2ccccc12.Cl. The van der Waals surface area contributed by atoms with Crippen molar-refractivity contribution in [3.63, 3.8) is 0 Å². The van der Waals surface area contributed by atoms with E-state index < -0.39 is 0 Å². The highest BCUT2D eigenvalue weighted by molar-refractivity contribution is 6.04. The molecule has 0 unspecified atom stereocenters. The maximum absolute atomic E-state index is 12.9. The van der Waals surface area contributed by atoms with Crippen molar-refractivity contribution in [3.8, 4) is 0 Å². The molecule has 5 heteroatoms. The highest BCUT2D eigenvalue weighted by atomic mass is 35.5. The molecular weight excluding hydrogens is 322 g/mol. The molecule has 1 saturated heterocycles. The smallest absolute Gasteiger partial charge is 0.241 e. The Bertz CT molecular complexity index is 686. The van der Waals surface area contributed by atoms with Crippen LogP contribution in [0.3, 0.4) is 0 Å². The van der Waals surface area contributed by atoms with Gasteiger partial charge >= 0.3 is 0 Å². The first kappa shape index (κ1) is 18.7. The Morgan fingerprint density at radius 2 is 2.00 bits per heavy atom. The number of carbonyl (C=O) groups is 1. The topological polar surface area (TPSA) is 35.6 Å². The zero-order chi connectivity index (χ0) is 16.2. The predicted molar refractivity (Wildman–Crippen MR) is 103 cm³/mol. The fourth-order valence-corrected chi connectivity index (χ4v) is 3.30. The molecule has 1 N–H and O–H groups in total. The van der Waals surface area contributed by atoms with E-state index >= 15 is 0 Å². The van der Waals surface area contributed by atoms with Crippen molar-refractivity contribution in [2.24, 2.45) is 0 Å². The highest BCUT2D eigenvalue weighted by Crippen LogP contribution is 2.26. The summed E-state index contributed by atoms with van der Waals surface area (Å²) in [6, 6.07) is 14.8. The van der Waals surface area contributed by atoms with Crippen LogP contribution in [0.2, 0.25) is 0 Å². The third kappa shape index (κ3) is 3.89. The van der Waals surface area contributed by atoms with Crippen molar-refractivity contribution < 1.29 is 4.79 Å². The van der Waals surface area contributed by atoms with Crippen LogP contribution in [0, 0.1) is 0 Å². The molecule has 0 bridgehead atoms. The van der Waals surface area contributed by atoms with Gasteiger partial charge in [0.25, 0.3) is 0 Å². The van der Waals surface area contributed by atoms with Crippen LogP contribution < -0.4 is 10.2 Å². The second-order valence-electron chi connectivity index (χ2n) is 6.16. The number of benzene rings is 2. The number of rotatable bonds is 4. The first-order valence-electron chi connectivity index (χ1n) is 8.43. The number of hydrogen-bond donors (Lipinski definition) is 1. The molecule has 2 aromatic rings. The number of piperazine rings is 1. The lowest BCUT2D eigenvalue weighted by Crippen LogP contribution is -2.53. The average Bonchev–Trinajstić information content (AvgIpc) is 2.58. The van der Waals surface area contributed by atoms with Crippen molar-refractivity contribution in [3.05, 3.63) is 42.5 Å². The molecule has 2 aromatic carbocycles.